The van der Waals surface area contributed by atoms with Crippen LogP contribution in [0.1, 0.15) is 16.8 Å². The number of rotatable bonds is 4. The number of ether oxygens (including phenoxy) is 1. The molecule has 1 aromatic carbocycles. The number of hydrogen-bond donors (Lipinski definition) is 0. The van der Waals surface area contributed by atoms with Crippen LogP contribution < -0.4 is 0 Å². The van der Waals surface area contributed by atoms with E-state index in [-0.39, 0.29) is 0 Å². The van der Waals surface area contributed by atoms with Gasteiger partial charge >= 0.3 is 0 Å². The Balaban J connectivity index is 1.93. The largest absolute Gasteiger partial charge is 0.372 e. The Morgan fingerprint density at radius 3 is 2.83 bits per heavy atom. The Morgan fingerprint density at radius 1 is 1.22 bits per heavy atom. The quantitative estimate of drug-likeness (QED) is 0.869. The van der Waals surface area contributed by atoms with Crippen molar-refractivity contribution in [3.05, 3.63) is 63.9 Å². The molecule has 0 bridgehead atoms. The van der Waals surface area contributed by atoms with Crippen molar-refractivity contribution in [1.29, 1.82) is 5.26 Å². The second kappa shape index (κ2) is 6.29. The zero-order valence-electron chi connectivity index (χ0n) is 9.64. The molecule has 0 atom stereocenters. The first-order valence-corrected chi connectivity index (χ1v) is 6.25. The maximum atomic E-state index is 8.74. The lowest BCUT2D eigenvalue weighted by Crippen LogP contribution is -1.96. The molecule has 2 aromatic rings. The molecule has 0 aliphatic carbocycles. The van der Waals surface area contributed by atoms with E-state index in [1.807, 2.05) is 36.4 Å². The summed E-state index contributed by atoms with van der Waals surface area (Å²) >= 11 is 3.47. The highest BCUT2D eigenvalue weighted by molar-refractivity contribution is 9.10. The van der Waals surface area contributed by atoms with Gasteiger partial charge in [-0.25, -0.2) is 4.98 Å². The van der Waals surface area contributed by atoms with Crippen molar-refractivity contribution in [2.45, 2.75) is 13.2 Å². The topological polar surface area (TPSA) is 45.9 Å². The van der Waals surface area contributed by atoms with Crippen LogP contribution in [-0.2, 0) is 18.0 Å². The Morgan fingerprint density at radius 2 is 2.06 bits per heavy atom. The zero-order chi connectivity index (χ0) is 12.8. The van der Waals surface area contributed by atoms with Crippen molar-refractivity contribution in [1.82, 2.24) is 4.98 Å². The van der Waals surface area contributed by atoms with Gasteiger partial charge in [0.15, 0.2) is 0 Å². The third-order valence-electron chi connectivity index (χ3n) is 2.42. The van der Waals surface area contributed by atoms with Gasteiger partial charge in [0, 0.05) is 10.7 Å². The van der Waals surface area contributed by atoms with Crippen LogP contribution >= 0.6 is 15.9 Å². The van der Waals surface area contributed by atoms with E-state index in [1.165, 1.54) is 0 Å². The highest BCUT2D eigenvalue weighted by atomic mass is 79.9. The lowest BCUT2D eigenvalue weighted by molar-refractivity contribution is 0.106. The molecule has 18 heavy (non-hydrogen) atoms. The van der Waals surface area contributed by atoms with Crippen LogP contribution in [0.15, 0.2) is 47.1 Å². The third kappa shape index (κ3) is 3.39. The number of aromatic nitrogens is 1. The van der Waals surface area contributed by atoms with E-state index in [2.05, 4.69) is 20.9 Å². The lowest BCUT2D eigenvalue weighted by atomic mass is 10.2. The molecule has 0 unspecified atom stereocenters. The van der Waals surface area contributed by atoms with Crippen molar-refractivity contribution in [2.24, 2.45) is 0 Å². The van der Waals surface area contributed by atoms with Gasteiger partial charge < -0.3 is 4.74 Å². The Kier molecular flexibility index (Phi) is 4.46. The van der Waals surface area contributed by atoms with E-state index >= 15 is 0 Å². The first-order valence-electron chi connectivity index (χ1n) is 5.46. The minimum atomic E-state index is 0.414. The van der Waals surface area contributed by atoms with E-state index in [0.29, 0.717) is 18.9 Å². The highest BCUT2D eigenvalue weighted by Crippen LogP contribution is 2.17. The zero-order valence-corrected chi connectivity index (χ0v) is 11.2. The van der Waals surface area contributed by atoms with Crippen LogP contribution in [0.5, 0.6) is 0 Å². The SMILES string of the molecule is N#Cc1cc(COCc2ccccc2Br)ccn1. The van der Waals surface area contributed by atoms with Gasteiger partial charge in [0.1, 0.15) is 11.8 Å². The summed E-state index contributed by atoms with van der Waals surface area (Å²) in [4.78, 5) is 3.91. The predicted octanol–water partition coefficient (Wildman–Crippen LogP) is 3.43. The molecule has 1 heterocycles. The van der Waals surface area contributed by atoms with Crippen LogP contribution in [0.3, 0.4) is 0 Å². The standard InChI is InChI=1S/C14H11BrN2O/c15-14-4-2-1-3-12(14)10-18-9-11-5-6-17-13(7-11)8-16/h1-7H,9-10H2. The molecule has 0 fully saturated rings. The Bertz CT molecular complexity index is 578. The molecule has 0 amide bonds. The van der Waals surface area contributed by atoms with Crippen LogP contribution in [0.4, 0.5) is 0 Å². The van der Waals surface area contributed by atoms with Gasteiger partial charge in [-0.3, -0.25) is 0 Å². The maximum Gasteiger partial charge on any atom is 0.140 e. The van der Waals surface area contributed by atoms with Crippen molar-refractivity contribution < 1.29 is 4.74 Å². The molecule has 90 valence electrons. The molecule has 0 aliphatic heterocycles. The number of nitriles is 1. The fourth-order valence-corrected chi connectivity index (χ4v) is 1.92. The summed E-state index contributed by atoms with van der Waals surface area (Å²) in [5.41, 5.74) is 2.47. The minimum absolute atomic E-state index is 0.414. The molecule has 0 N–H and O–H groups in total. The Labute approximate surface area is 114 Å². The molecule has 3 nitrogen and oxygen atoms in total. The lowest BCUT2D eigenvalue weighted by Gasteiger charge is -2.06. The molecular formula is C14H11BrN2O. The summed E-state index contributed by atoms with van der Waals surface area (Å²) in [6, 6.07) is 13.5. The van der Waals surface area contributed by atoms with Gasteiger partial charge in [-0.2, -0.15) is 5.26 Å². The van der Waals surface area contributed by atoms with Crippen LogP contribution in [-0.4, -0.2) is 4.98 Å². The molecule has 0 aliphatic rings. The van der Waals surface area contributed by atoms with Gasteiger partial charge in [-0.1, -0.05) is 34.1 Å². The highest BCUT2D eigenvalue weighted by Gasteiger charge is 2.00. The smallest absolute Gasteiger partial charge is 0.140 e. The van der Waals surface area contributed by atoms with Crippen molar-refractivity contribution in [3.8, 4) is 6.07 Å². The second-order valence-electron chi connectivity index (χ2n) is 3.75. The molecule has 0 saturated carbocycles. The molecule has 0 spiro atoms. The monoisotopic (exact) mass is 302 g/mol. The number of pyridine rings is 1. The number of benzene rings is 1. The molecule has 2 rings (SSSR count). The van der Waals surface area contributed by atoms with Crippen LogP contribution in [0.25, 0.3) is 0 Å². The number of halogens is 1. The summed E-state index contributed by atoms with van der Waals surface area (Å²) in [5, 5.41) is 8.74. The summed E-state index contributed by atoms with van der Waals surface area (Å²) in [6.45, 7) is 1.00. The van der Waals surface area contributed by atoms with E-state index in [1.54, 1.807) is 12.3 Å². The van der Waals surface area contributed by atoms with Crippen molar-refractivity contribution in [3.63, 3.8) is 0 Å². The van der Waals surface area contributed by atoms with E-state index < -0.39 is 0 Å². The molecule has 0 radical (unpaired) electrons. The number of hydrogen-bond acceptors (Lipinski definition) is 3. The minimum Gasteiger partial charge on any atom is -0.372 e. The summed E-state index contributed by atoms with van der Waals surface area (Å²) < 4.78 is 6.66. The average Bonchev–Trinajstić information content (AvgIpc) is 2.41. The maximum absolute atomic E-state index is 8.74. The van der Waals surface area contributed by atoms with E-state index in [4.69, 9.17) is 10.00 Å². The normalized spacial score (nSPS) is 10.0. The van der Waals surface area contributed by atoms with Crippen LogP contribution in [0.2, 0.25) is 0 Å². The van der Waals surface area contributed by atoms with E-state index in [9.17, 15) is 0 Å². The predicted molar refractivity (Wildman–Crippen MR) is 71.6 cm³/mol. The molecule has 4 heteroatoms. The van der Waals surface area contributed by atoms with Gasteiger partial charge in [0.25, 0.3) is 0 Å². The molecule has 0 saturated heterocycles. The average molecular weight is 303 g/mol. The summed E-state index contributed by atoms with van der Waals surface area (Å²) in [5.74, 6) is 0. The van der Waals surface area contributed by atoms with E-state index in [0.717, 1.165) is 15.6 Å². The third-order valence-corrected chi connectivity index (χ3v) is 3.20. The fraction of sp³-hybridized carbons (Fsp3) is 0.143. The van der Waals surface area contributed by atoms with Gasteiger partial charge in [0.2, 0.25) is 0 Å². The van der Waals surface area contributed by atoms with Gasteiger partial charge in [0.05, 0.1) is 13.2 Å². The first kappa shape index (κ1) is 12.7. The van der Waals surface area contributed by atoms with Gasteiger partial charge in [-0.05, 0) is 29.3 Å². The summed E-state index contributed by atoms with van der Waals surface area (Å²) in [6.07, 6.45) is 1.62. The molecular weight excluding hydrogens is 292 g/mol. The Hall–Kier alpha value is -1.70. The molecule has 1 aromatic heterocycles. The second-order valence-corrected chi connectivity index (χ2v) is 4.60. The van der Waals surface area contributed by atoms with Crippen molar-refractivity contribution >= 4 is 15.9 Å². The fourth-order valence-electron chi connectivity index (χ4n) is 1.52. The summed E-state index contributed by atoms with van der Waals surface area (Å²) in [7, 11) is 0. The first-order chi connectivity index (χ1) is 8.79. The van der Waals surface area contributed by atoms with Gasteiger partial charge in [-0.15, -0.1) is 0 Å². The van der Waals surface area contributed by atoms with Crippen LogP contribution in [0, 0.1) is 11.3 Å². The number of nitrogens with zero attached hydrogens (tertiary/aromatic N) is 2. The van der Waals surface area contributed by atoms with Crippen molar-refractivity contribution in [2.75, 3.05) is 0 Å².